The van der Waals surface area contributed by atoms with E-state index in [9.17, 15) is 18.0 Å². The monoisotopic (exact) mass is 425 g/mol. The number of hydrogen-bond acceptors (Lipinski definition) is 4. The van der Waals surface area contributed by atoms with Gasteiger partial charge < -0.3 is 5.73 Å². The first-order valence-corrected chi connectivity index (χ1v) is 9.58. The van der Waals surface area contributed by atoms with Crippen LogP contribution in [0.4, 0.5) is 13.2 Å². The van der Waals surface area contributed by atoms with Crippen molar-refractivity contribution in [3.8, 4) is 6.07 Å². The molecule has 6 nitrogen and oxygen atoms in total. The minimum absolute atomic E-state index is 0.0723. The highest BCUT2D eigenvalue weighted by Gasteiger charge is 2.64. The predicted octanol–water partition coefficient (Wildman–Crippen LogP) is 3.41. The van der Waals surface area contributed by atoms with Crippen molar-refractivity contribution < 1.29 is 18.0 Å². The van der Waals surface area contributed by atoms with Gasteiger partial charge in [-0.3, -0.25) is 14.5 Å². The summed E-state index contributed by atoms with van der Waals surface area (Å²) in [5.41, 5.74) is 6.01. The lowest BCUT2D eigenvalue weighted by molar-refractivity contribution is -0.160. The number of benzene rings is 1. The molecule has 1 amide bonds. The van der Waals surface area contributed by atoms with Gasteiger partial charge in [-0.1, -0.05) is 24.3 Å². The second-order valence-corrected chi connectivity index (χ2v) is 7.63. The van der Waals surface area contributed by atoms with Crippen LogP contribution in [-0.4, -0.2) is 26.8 Å². The number of rotatable bonds is 6. The summed E-state index contributed by atoms with van der Waals surface area (Å²) in [4.78, 5) is 16.3. The number of hydrogen-bond donors (Lipinski definition) is 1. The molecular weight excluding hydrogens is 407 g/mol. The Morgan fingerprint density at radius 2 is 1.90 bits per heavy atom. The zero-order chi connectivity index (χ0) is 22.2. The molecular formula is C22H18F3N5O. The minimum Gasteiger partial charge on any atom is -0.369 e. The molecule has 0 spiro atoms. The number of nitrogens with two attached hydrogens (primary N) is 1. The van der Waals surface area contributed by atoms with Crippen LogP contribution in [0.15, 0.2) is 54.9 Å². The Balaban J connectivity index is 1.56. The molecule has 1 fully saturated rings. The fraction of sp³-hybridized carbons (Fsp3) is 0.273. The molecule has 0 radical (unpaired) electrons. The van der Waals surface area contributed by atoms with Crippen molar-refractivity contribution in [2.24, 2.45) is 5.73 Å². The van der Waals surface area contributed by atoms with Crippen LogP contribution in [0.25, 0.3) is 0 Å². The topological polar surface area (TPSA) is 97.6 Å². The van der Waals surface area contributed by atoms with Gasteiger partial charge in [0.15, 0.2) is 0 Å². The maximum absolute atomic E-state index is 13.4. The summed E-state index contributed by atoms with van der Waals surface area (Å²) in [6, 6.07) is 12.9. The molecule has 0 bridgehead atoms. The van der Waals surface area contributed by atoms with Crippen LogP contribution >= 0.6 is 0 Å². The fourth-order valence-corrected chi connectivity index (χ4v) is 3.71. The largest absolute Gasteiger partial charge is 0.398 e. The van der Waals surface area contributed by atoms with E-state index in [0.29, 0.717) is 29.1 Å². The Hall–Kier alpha value is -3.67. The van der Waals surface area contributed by atoms with E-state index < -0.39 is 23.4 Å². The predicted molar refractivity (Wildman–Crippen MR) is 105 cm³/mol. The summed E-state index contributed by atoms with van der Waals surface area (Å²) in [6.45, 7) is 0.324. The van der Waals surface area contributed by atoms with E-state index in [4.69, 9.17) is 11.0 Å². The summed E-state index contributed by atoms with van der Waals surface area (Å²) < 4.78 is 41.6. The standard InChI is InChI=1S/C22H18F3N5O/c23-22(24,25)21(8-9-21)16-4-2-15(3-5-16)19(20(27)31)18-7-10-30(29-18)13-17-6-1-14(11-26)12-28-17/h1-7,10,12,19H,8-9,13H2,(H2,27,31). The first-order valence-electron chi connectivity index (χ1n) is 9.58. The molecule has 0 aliphatic heterocycles. The average Bonchev–Trinajstić information content (AvgIpc) is 3.45. The molecule has 1 aliphatic carbocycles. The number of pyridine rings is 1. The van der Waals surface area contributed by atoms with E-state index in [1.807, 2.05) is 6.07 Å². The Kier molecular flexibility index (Phi) is 5.01. The second kappa shape index (κ2) is 7.54. The Labute approximate surface area is 176 Å². The number of halogens is 3. The quantitative estimate of drug-likeness (QED) is 0.654. The molecule has 1 unspecified atom stereocenters. The van der Waals surface area contributed by atoms with Crippen LogP contribution in [0, 0.1) is 11.3 Å². The molecule has 1 aromatic carbocycles. The summed E-state index contributed by atoms with van der Waals surface area (Å²) in [5, 5.41) is 13.2. The van der Waals surface area contributed by atoms with Crippen LogP contribution < -0.4 is 5.73 Å². The third-order valence-electron chi connectivity index (χ3n) is 5.61. The van der Waals surface area contributed by atoms with Crippen molar-refractivity contribution in [1.29, 1.82) is 5.26 Å². The van der Waals surface area contributed by atoms with Gasteiger partial charge >= 0.3 is 6.18 Å². The van der Waals surface area contributed by atoms with Gasteiger partial charge in [0, 0.05) is 12.4 Å². The Morgan fingerprint density at radius 3 is 2.42 bits per heavy atom. The molecule has 9 heteroatoms. The number of nitriles is 1. The lowest BCUT2D eigenvalue weighted by Gasteiger charge is -2.20. The van der Waals surface area contributed by atoms with Gasteiger partial charge in [-0.05, 0) is 42.2 Å². The van der Waals surface area contributed by atoms with Crippen molar-refractivity contribution in [3.05, 3.63) is 82.9 Å². The maximum Gasteiger partial charge on any atom is 0.398 e. The van der Waals surface area contributed by atoms with E-state index in [1.165, 1.54) is 30.5 Å². The van der Waals surface area contributed by atoms with E-state index in [1.54, 1.807) is 29.1 Å². The first-order chi connectivity index (χ1) is 14.7. The van der Waals surface area contributed by atoms with Crippen molar-refractivity contribution in [3.63, 3.8) is 0 Å². The lowest BCUT2D eigenvalue weighted by atomic mass is 9.90. The number of alkyl halides is 3. The molecule has 0 saturated heterocycles. The van der Waals surface area contributed by atoms with Crippen LogP contribution in [0.2, 0.25) is 0 Å². The summed E-state index contributed by atoms with van der Waals surface area (Å²) >= 11 is 0. The third-order valence-corrected chi connectivity index (χ3v) is 5.61. The van der Waals surface area contributed by atoms with Crippen molar-refractivity contribution >= 4 is 5.91 Å². The van der Waals surface area contributed by atoms with Gasteiger partial charge in [0.05, 0.1) is 28.9 Å². The highest BCUT2D eigenvalue weighted by molar-refractivity contribution is 5.85. The highest BCUT2D eigenvalue weighted by atomic mass is 19.4. The average molecular weight is 425 g/mol. The van der Waals surface area contributed by atoms with Gasteiger partial charge in [-0.15, -0.1) is 0 Å². The van der Waals surface area contributed by atoms with Gasteiger partial charge in [-0.25, -0.2) is 0 Å². The number of carbonyl (C=O) groups excluding carboxylic acids is 1. The van der Waals surface area contributed by atoms with E-state index in [2.05, 4.69) is 10.1 Å². The molecule has 31 heavy (non-hydrogen) atoms. The summed E-state index contributed by atoms with van der Waals surface area (Å²) in [6.07, 6.45) is -1.02. The highest BCUT2D eigenvalue weighted by Crippen LogP contribution is 2.58. The van der Waals surface area contributed by atoms with Crippen LogP contribution in [0.3, 0.4) is 0 Å². The Morgan fingerprint density at radius 1 is 1.19 bits per heavy atom. The van der Waals surface area contributed by atoms with Gasteiger partial charge in [0.1, 0.15) is 12.0 Å². The number of primary amides is 1. The van der Waals surface area contributed by atoms with Gasteiger partial charge in [0.2, 0.25) is 5.91 Å². The SMILES string of the molecule is N#Cc1ccc(Cn2ccc(C(C(N)=O)c3ccc(C4(C(F)(F)F)CC4)cc3)n2)nc1. The number of carbonyl (C=O) groups is 1. The molecule has 2 heterocycles. The molecule has 1 atom stereocenters. The minimum atomic E-state index is -4.30. The normalized spacial score (nSPS) is 15.8. The smallest absolute Gasteiger partial charge is 0.369 e. The first kappa shape index (κ1) is 20.6. The van der Waals surface area contributed by atoms with E-state index >= 15 is 0 Å². The number of nitrogens with zero attached hydrogens (tertiary/aromatic N) is 4. The van der Waals surface area contributed by atoms with E-state index in [0.717, 1.165) is 0 Å². The number of aromatic nitrogens is 3. The number of amides is 1. The van der Waals surface area contributed by atoms with Gasteiger partial charge in [0.25, 0.3) is 0 Å². The van der Waals surface area contributed by atoms with Crippen molar-refractivity contribution in [2.75, 3.05) is 0 Å². The Bertz CT molecular complexity index is 1140. The van der Waals surface area contributed by atoms with Crippen LogP contribution in [0.1, 0.15) is 46.8 Å². The van der Waals surface area contributed by atoms with Crippen molar-refractivity contribution in [1.82, 2.24) is 14.8 Å². The van der Waals surface area contributed by atoms with Crippen LogP contribution in [-0.2, 0) is 16.8 Å². The molecule has 1 aliphatic rings. The van der Waals surface area contributed by atoms with E-state index in [-0.39, 0.29) is 18.4 Å². The zero-order valence-electron chi connectivity index (χ0n) is 16.3. The summed E-state index contributed by atoms with van der Waals surface area (Å²) in [5.74, 6) is -1.53. The fourth-order valence-electron chi connectivity index (χ4n) is 3.71. The second-order valence-electron chi connectivity index (χ2n) is 7.63. The molecule has 4 rings (SSSR count). The van der Waals surface area contributed by atoms with Crippen LogP contribution in [0.5, 0.6) is 0 Å². The van der Waals surface area contributed by atoms with Gasteiger partial charge in [-0.2, -0.15) is 23.5 Å². The van der Waals surface area contributed by atoms with Crippen molar-refractivity contribution in [2.45, 2.75) is 36.9 Å². The maximum atomic E-state index is 13.4. The zero-order valence-corrected chi connectivity index (χ0v) is 16.3. The molecule has 2 aromatic heterocycles. The molecule has 2 N–H and O–H groups in total. The molecule has 158 valence electrons. The summed E-state index contributed by atoms with van der Waals surface area (Å²) in [7, 11) is 0. The molecule has 1 saturated carbocycles. The third kappa shape index (κ3) is 3.89. The lowest BCUT2D eigenvalue weighted by Crippen LogP contribution is -2.28. The molecule has 3 aromatic rings.